The fraction of sp³-hybridized carbons (Fsp3) is 0.412. The highest BCUT2D eigenvalue weighted by molar-refractivity contribution is 5.92. The summed E-state index contributed by atoms with van der Waals surface area (Å²) in [6.45, 7) is 0.780. The molecule has 0 atom stereocenters. The van der Waals surface area contributed by atoms with Crippen molar-refractivity contribution in [1.29, 1.82) is 0 Å². The van der Waals surface area contributed by atoms with Gasteiger partial charge in [0.05, 0.1) is 12.1 Å². The van der Waals surface area contributed by atoms with Crippen LogP contribution < -0.4 is 0 Å². The van der Waals surface area contributed by atoms with Gasteiger partial charge in [0.1, 0.15) is 6.26 Å². The van der Waals surface area contributed by atoms with Gasteiger partial charge in [0.15, 0.2) is 5.69 Å². The van der Waals surface area contributed by atoms with Crippen LogP contribution in [0, 0.1) is 0 Å². The van der Waals surface area contributed by atoms with Crippen LogP contribution >= 0.6 is 0 Å². The van der Waals surface area contributed by atoms with E-state index in [0.29, 0.717) is 13.1 Å². The number of amides is 1. The lowest BCUT2D eigenvalue weighted by Crippen LogP contribution is -2.43. The van der Waals surface area contributed by atoms with Gasteiger partial charge in [0.25, 0.3) is 5.91 Å². The molecule has 0 saturated heterocycles. The molecular weight excluding hydrogens is 280 g/mol. The standard InChI is InChI=1S/C17H20N2O3/c20-16(15-8-11-22-18-15)19(12-14-6-2-1-3-7-14)13-17(21)9-4-5-10-17/h1-3,6-8,11,21H,4-5,9-10,12-13H2. The highest BCUT2D eigenvalue weighted by atomic mass is 16.5. The minimum Gasteiger partial charge on any atom is -0.388 e. The summed E-state index contributed by atoms with van der Waals surface area (Å²) < 4.78 is 4.77. The van der Waals surface area contributed by atoms with Crippen LogP contribution in [0.15, 0.2) is 47.2 Å². The first kappa shape index (κ1) is 14.8. The van der Waals surface area contributed by atoms with Crippen LogP contribution in [0.3, 0.4) is 0 Å². The zero-order chi connectivity index (χ0) is 15.4. The van der Waals surface area contributed by atoms with E-state index in [1.54, 1.807) is 11.0 Å². The Hall–Kier alpha value is -2.14. The van der Waals surface area contributed by atoms with Crippen LogP contribution in [0.5, 0.6) is 0 Å². The van der Waals surface area contributed by atoms with Crippen molar-refractivity contribution >= 4 is 5.91 Å². The minimum atomic E-state index is -0.784. The van der Waals surface area contributed by atoms with E-state index < -0.39 is 5.60 Å². The lowest BCUT2D eigenvalue weighted by molar-refractivity contribution is 0.00749. The molecular formula is C17H20N2O3. The lowest BCUT2D eigenvalue weighted by atomic mass is 10.0. The Bertz CT molecular complexity index is 604. The second-order valence-electron chi connectivity index (χ2n) is 5.96. The summed E-state index contributed by atoms with van der Waals surface area (Å²) in [5, 5.41) is 14.4. The minimum absolute atomic E-state index is 0.210. The summed E-state index contributed by atoms with van der Waals surface area (Å²) in [5.74, 6) is -0.210. The van der Waals surface area contributed by atoms with Crippen LogP contribution in [-0.2, 0) is 6.54 Å². The first-order valence-corrected chi connectivity index (χ1v) is 7.62. The number of nitrogens with zero attached hydrogens (tertiary/aromatic N) is 2. The molecule has 3 rings (SSSR count). The van der Waals surface area contributed by atoms with Gasteiger partial charge in [0, 0.05) is 12.6 Å². The Morgan fingerprint density at radius 2 is 1.95 bits per heavy atom. The Morgan fingerprint density at radius 3 is 2.59 bits per heavy atom. The number of carbonyl (C=O) groups excluding carboxylic acids is 1. The smallest absolute Gasteiger partial charge is 0.276 e. The van der Waals surface area contributed by atoms with Crippen molar-refractivity contribution in [3.8, 4) is 0 Å². The molecule has 1 heterocycles. The summed E-state index contributed by atoms with van der Waals surface area (Å²) in [4.78, 5) is 14.3. The van der Waals surface area contributed by atoms with Crippen molar-refractivity contribution in [2.24, 2.45) is 0 Å². The van der Waals surface area contributed by atoms with Gasteiger partial charge in [-0.05, 0) is 18.4 Å². The summed E-state index contributed by atoms with van der Waals surface area (Å²) >= 11 is 0. The fourth-order valence-electron chi connectivity index (χ4n) is 3.03. The topological polar surface area (TPSA) is 66.6 Å². The van der Waals surface area contributed by atoms with Crippen LogP contribution in [0.25, 0.3) is 0 Å². The summed E-state index contributed by atoms with van der Waals surface area (Å²) in [7, 11) is 0. The Balaban J connectivity index is 1.80. The van der Waals surface area contributed by atoms with Gasteiger partial charge in [-0.1, -0.05) is 48.3 Å². The first-order valence-electron chi connectivity index (χ1n) is 7.62. The van der Waals surface area contributed by atoms with Gasteiger partial charge < -0.3 is 14.5 Å². The van der Waals surface area contributed by atoms with E-state index in [4.69, 9.17) is 4.52 Å². The quantitative estimate of drug-likeness (QED) is 0.921. The van der Waals surface area contributed by atoms with E-state index in [9.17, 15) is 9.90 Å². The third-order valence-electron chi connectivity index (χ3n) is 4.18. The molecule has 0 bridgehead atoms. The van der Waals surface area contributed by atoms with E-state index in [2.05, 4.69) is 5.16 Å². The molecule has 1 aliphatic rings. The second-order valence-corrected chi connectivity index (χ2v) is 5.96. The molecule has 0 radical (unpaired) electrons. The van der Waals surface area contributed by atoms with Crippen LogP contribution in [0.1, 0.15) is 41.7 Å². The highest BCUT2D eigenvalue weighted by Gasteiger charge is 2.35. The van der Waals surface area contributed by atoms with Crippen molar-refractivity contribution in [1.82, 2.24) is 10.1 Å². The summed E-state index contributed by atoms with van der Waals surface area (Å²) in [5.41, 5.74) is 0.521. The predicted octanol–water partition coefficient (Wildman–Crippen LogP) is 2.62. The molecule has 1 aromatic heterocycles. The Labute approximate surface area is 129 Å². The molecule has 1 saturated carbocycles. The van der Waals surface area contributed by atoms with E-state index in [0.717, 1.165) is 31.2 Å². The molecule has 22 heavy (non-hydrogen) atoms. The van der Waals surface area contributed by atoms with E-state index in [1.165, 1.54) is 6.26 Å². The van der Waals surface area contributed by atoms with Gasteiger partial charge in [-0.2, -0.15) is 0 Å². The number of aliphatic hydroxyl groups is 1. The van der Waals surface area contributed by atoms with Crippen molar-refractivity contribution in [2.45, 2.75) is 37.8 Å². The van der Waals surface area contributed by atoms with Crippen molar-refractivity contribution in [3.05, 3.63) is 53.9 Å². The molecule has 0 aliphatic heterocycles. The molecule has 1 aromatic carbocycles. The van der Waals surface area contributed by atoms with E-state index in [1.807, 2.05) is 30.3 Å². The number of hydrogen-bond acceptors (Lipinski definition) is 4. The molecule has 0 unspecified atom stereocenters. The Kier molecular flexibility index (Phi) is 4.24. The molecule has 0 spiro atoms. The average Bonchev–Trinajstić information content (AvgIpc) is 3.19. The first-order chi connectivity index (χ1) is 10.7. The SMILES string of the molecule is O=C(c1ccon1)N(Cc1ccccc1)CC1(O)CCCC1. The molecule has 116 valence electrons. The van der Waals surface area contributed by atoms with Crippen molar-refractivity contribution in [2.75, 3.05) is 6.54 Å². The monoisotopic (exact) mass is 300 g/mol. The highest BCUT2D eigenvalue weighted by Crippen LogP contribution is 2.31. The van der Waals surface area contributed by atoms with Crippen LogP contribution in [0.4, 0.5) is 0 Å². The largest absolute Gasteiger partial charge is 0.388 e. The maximum atomic E-state index is 12.6. The van der Waals surface area contributed by atoms with E-state index in [-0.39, 0.29) is 11.6 Å². The lowest BCUT2D eigenvalue weighted by Gasteiger charge is -2.31. The summed E-state index contributed by atoms with van der Waals surface area (Å²) in [6.07, 6.45) is 4.88. The van der Waals surface area contributed by atoms with Crippen molar-refractivity contribution < 1.29 is 14.4 Å². The van der Waals surface area contributed by atoms with Crippen molar-refractivity contribution in [3.63, 3.8) is 0 Å². The number of rotatable bonds is 5. The molecule has 5 nitrogen and oxygen atoms in total. The van der Waals surface area contributed by atoms with Gasteiger partial charge in [-0.15, -0.1) is 0 Å². The molecule has 2 aromatic rings. The normalized spacial score (nSPS) is 16.6. The maximum absolute atomic E-state index is 12.6. The van der Waals surface area contributed by atoms with Gasteiger partial charge in [-0.3, -0.25) is 4.79 Å². The average molecular weight is 300 g/mol. The zero-order valence-corrected chi connectivity index (χ0v) is 12.4. The third-order valence-corrected chi connectivity index (χ3v) is 4.18. The van der Waals surface area contributed by atoms with Crippen LogP contribution in [-0.4, -0.2) is 33.2 Å². The molecule has 1 N–H and O–H groups in total. The second kappa shape index (κ2) is 6.32. The van der Waals surface area contributed by atoms with Gasteiger partial charge in [0.2, 0.25) is 0 Å². The third kappa shape index (κ3) is 3.36. The van der Waals surface area contributed by atoms with Gasteiger partial charge >= 0.3 is 0 Å². The molecule has 5 heteroatoms. The maximum Gasteiger partial charge on any atom is 0.276 e. The Morgan fingerprint density at radius 1 is 1.23 bits per heavy atom. The van der Waals surface area contributed by atoms with E-state index >= 15 is 0 Å². The number of benzene rings is 1. The zero-order valence-electron chi connectivity index (χ0n) is 12.4. The molecule has 1 amide bonds. The number of aromatic nitrogens is 1. The predicted molar refractivity (Wildman–Crippen MR) is 81.1 cm³/mol. The summed E-state index contributed by atoms with van der Waals surface area (Å²) in [6, 6.07) is 11.3. The fourth-order valence-corrected chi connectivity index (χ4v) is 3.03. The van der Waals surface area contributed by atoms with Gasteiger partial charge in [-0.25, -0.2) is 0 Å². The molecule has 1 fully saturated rings. The van der Waals surface area contributed by atoms with Crippen LogP contribution in [0.2, 0.25) is 0 Å². The number of carbonyl (C=O) groups is 1. The molecule has 1 aliphatic carbocycles. The number of hydrogen-bond donors (Lipinski definition) is 1.